The van der Waals surface area contributed by atoms with E-state index < -0.39 is 42.4 Å². The molecule has 2 heterocycles. The van der Waals surface area contributed by atoms with Crippen molar-refractivity contribution in [3.63, 3.8) is 0 Å². The first-order valence-electron chi connectivity index (χ1n) is 7.34. The van der Waals surface area contributed by atoms with E-state index in [1.165, 1.54) is 38.1 Å². The van der Waals surface area contributed by atoms with Crippen LogP contribution >= 0.6 is 0 Å². The molecule has 0 spiro atoms. The number of aromatic nitrogens is 3. The van der Waals surface area contributed by atoms with E-state index in [9.17, 15) is 14.4 Å². The third-order valence-electron chi connectivity index (χ3n) is 3.30. The Kier molecular flexibility index (Phi) is 5.85. The van der Waals surface area contributed by atoms with Crippen LogP contribution in [-0.4, -0.2) is 57.6 Å². The monoisotopic (exact) mass is 341 g/mol. The molecule has 10 heteroatoms. The fraction of sp³-hybridized carbons (Fsp3) is 0.643. The van der Waals surface area contributed by atoms with Gasteiger partial charge in [-0.3, -0.25) is 14.4 Å². The fourth-order valence-corrected chi connectivity index (χ4v) is 2.45. The molecule has 1 aliphatic rings. The summed E-state index contributed by atoms with van der Waals surface area (Å²) >= 11 is 0. The maximum atomic E-state index is 11.4. The Labute approximate surface area is 138 Å². The quantitative estimate of drug-likeness (QED) is 0.538. The molecule has 1 aromatic rings. The number of rotatable bonds is 5. The molecule has 0 aromatic carbocycles. The standard InChI is InChI=1S/C14H19N3O7/c1-8(18)21-5-12-14(23-10(3)20)11(22-9(2)19)4-13(24-12)17-7-15-6-16-17/h6-7,11-14H,4-5H2,1-3H3/t11-,12-,13-,14+/m1/s1. The Morgan fingerprint density at radius 2 is 1.88 bits per heavy atom. The van der Waals surface area contributed by atoms with Crippen molar-refractivity contribution in [1.82, 2.24) is 14.8 Å². The average Bonchev–Trinajstić information content (AvgIpc) is 3.00. The van der Waals surface area contributed by atoms with Crippen molar-refractivity contribution >= 4 is 17.9 Å². The van der Waals surface area contributed by atoms with Crippen molar-refractivity contribution in [2.24, 2.45) is 0 Å². The van der Waals surface area contributed by atoms with Crippen LogP contribution in [-0.2, 0) is 33.3 Å². The molecule has 24 heavy (non-hydrogen) atoms. The van der Waals surface area contributed by atoms with Gasteiger partial charge in [0, 0.05) is 27.2 Å². The molecule has 4 atom stereocenters. The number of hydrogen-bond donors (Lipinski definition) is 0. The highest BCUT2D eigenvalue weighted by Gasteiger charge is 2.44. The summed E-state index contributed by atoms with van der Waals surface area (Å²) in [5.74, 6) is -1.59. The van der Waals surface area contributed by atoms with Gasteiger partial charge in [0.05, 0.1) is 0 Å². The van der Waals surface area contributed by atoms with Gasteiger partial charge >= 0.3 is 17.9 Å². The van der Waals surface area contributed by atoms with Crippen molar-refractivity contribution in [3.05, 3.63) is 12.7 Å². The maximum absolute atomic E-state index is 11.4. The van der Waals surface area contributed by atoms with Crippen LogP contribution in [0.15, 0.2) is 12.7 Å². The predicted octanol–water partition coefficient (Wildman–Crippen LogP) is -0.00790. The first kappa shape index (κ1) is 17.9. The number of ether oxygens (including phenoxy) is 4. The number of hydrogen-bond acceptors (Lipinski definition) is 9. The minimum atomic E-state index is -0.898. The van der Waals surface area contributed by atoms with Crippen LogP contribution in [0.4, 0.5) is 0 Å². The predicted molar refractivity (Wildman–Crippen MR) is 76.3 cm³/mol. The van der Waals surface area contributed by atoms with E-state index in [2.05, 4.69) is 10.1 Å². The van der Waals surface area contributed by atoms with E-state index in [1.54, 1.807) is 0 Å². The Morgan fingerprint density at radius 1 is 1.17 bits per heavy atom. The summed E-state index contributed by atoms with van der Waals surface area (Å²) in [6.45, 7) is 3.58. The molecule has 2 rings (SSSR count). The Balaban J connectivity index is 2.23. The lowest BCUT2D eigenvalue weighted by molar-refractivity contribution is -0.228. The van der Waals surface area contributed by atoms with Gasteiger partial charge in [0.15, 0.2) is 12.3 Å². The van der Waals surface area contributed by atoms with Gasteiger partial charge in [0.25, 0.3) is 0 Å². The molecular formula is C14H19N3O7. The summed E-state index contributed by atoms with van der Waals surface area (Å²) in [5.41, 5.74) is 0. The third kappa shape index (κ3) is 4.75. The van der Waals surface area contributed by atoms with E-state index in [-0.39, 0.29) is 13.0 Å². The van der Waals surface area contributed by atoms with E-state index in [1.807, 2.05) is 0 Å². The Bertz CT molecular complexity index is 589. The molecule has 0 aliphatic carbocycles. The highest BCUT2D eigenvalue weighted by atomic mass is 16.6. The van der Waals surface area contributed by atoms with E-state index in [0.29, 0.717) is 0 Å². The number of nitrogens with zero attached hydrogens (tertiary/aromatic N) is 3. The normalized spacial score (nSPS) is 26.5. The van der Waals surface area contributed by atoms with Crippen LogP contribution in [0.1, 0.15) is 33.4 Å². The molecule has 0 radical (unpaired) electrons. The maximum Gasteiger partial charge on any atom is 0.303 e. The average molecular weight is 341 g/mol. The number of carbonyl (C=O) groups is 3. The van der Waals surface area contributed by atoms with Crippen molar-refractivity contribution < 1.29 is 33.3 Å². The van der Waals surface area contributed by atoms with Gasteiger partial charge in [-0.25, -0.2) is 9.67 Å². The molecule has 1 aliphatic heterocycles. The van der Waals surface area contributed by atoms with Crippen LogP contribution in [0.5, 0.6) is 0 Å². The fourth-order valence-electron chi connectivity index (χ4n) is 2.45. The number of carbonyl (C=O) groups excluding carboxylic acids is 3. The van der Waals surface area contributed by atoms with Gasteiger partial charge in [0.2, 0.25) is 0 Å². The van der Waals surface area contributed by atoms with Gasteiger partial charge in [-0.15, -0.1) is 0 Å². The first-order valence-corrected chi connectivity index (χ1v) is 7.34. The molecule has 0 bridgehead atoms. The largest absolute Gasteiger partial charge is 0.463 e. The summed E-state index contributed by atoms with van der Waals surface area (Å²) in [6.07, 6.45) is -0.0967. The molecule has 0 N–H and O–H groups in total. The van der Waals surface area contributed by atoms with Crippen LogP contribution < -0.4 is 0 Å². The summed E-state index contributed by atoms with van der Waals surface area (Å²) in [5, 5.41) is 3.99. The SMILES string of the molecule is CC(=O)OC[C@H]1O[C@@H](n2cncn2)C[C@@H](OC(C)=O)[C@@H]1OC(C)=O. The van der Waals surface area contributed by atoms with Crippen molar-refractivity contribution in [3.8, 4) is 0 Å². The molecule has 1 aromatic heterocycles. The summed E-state index contributed by atoms with van der Waals surface area (Å²) < 4.78 is 22.7. The van der Waals surface area contributed by atoms with Crippen LogP contribution in [0.3, 0.4) is 0 Å². The lowest BCUT2D eigenvalue weighted by Crippen LogP contribution is -2.52. The van der Waals surface area contributed by atoms with Gasteiger partial charge in [-0.1, -0.05) is 0 Å². The molecule has 0 amide bonds. The van der Waals surface area contributed by atoms with Crippen molar-refractivity contribution in [2.45, 2.75) is 51.7 Å². The van der Waals surface area contributed by atoms with E-state index in [4.69, 9.17) is 18.9 Å². The summed E-state index contributed by atoms with van der Waals surface area (Å²) in [7, 11) is 0. The van der Waals surface area contributed by atoms with Gasteiger partial charge < -0.3 is 18.9 Å². The minimum Gasteiger partial charge on any atom is -0.463 e. The molecule has 0 saturated carbocycles. The topological polar surface area (TPSA) is 119 Å². The second kappa shape index (κ2) is 7.86. The molecule has 10 nitrogen and oxygen atoms in total. The van der Waals surface area contributed by atoms with Gasteiger partial charge in [0.1, 0.15) is 31.5 Å². The zero-order chi connectivity index (χ0) is 17.7. The second-order valence-corrected chi connectivity index (χ2v) is 5.26. The van der Waals surface area contributed by atoms with E-state index in [0.717, 1.165) is 0 Å². The van der Waals surface area contributed by atoms with E-state index >= 15 is 0 Å². The molecular weight excluding hydrogens is 322 g/mol. The Hall–Kier alpha value is -2.49. The molecule has 1 fully saturated rings. The molecule has 1 saturated heterocycles. The third-order valence-corrected chi connectivity index (χ3v) is 3.30. The first-order chi connectivity index (χ1) is 11.4. The highest BCUT2D eigenvalue weighted by Crippen LogP contribution is 2.31. The minimum absolute atomic E-state index is 0.157. The Morgan fingerprint density at radius 3 is 2.42 bits per heavy atom. The number of esters is 3. The van der Waals surface area contributed by atoms with Crippen LogP contribution in [0.25, 0.3) is 0 Å². The van der Waals surface area contributed by atoms with Crippen molar-refractivity contribution in [2.75, 3.05) is 6.61 Å². The summed E-state index contributed by atoms with van der Waals surface area (Å²) in [4.78, 5) is 37.7. The lowest BCUT2D eigenvalue weighted by Gasteiger charge is -2.39. The highest BCUT2D eigenvalue weighted by molar-refractivity contribution is 5.67. The zero-order valence-electron chi connectivity index (χ0n) is 13.6. The van der Waals surface area contributed by atoms with Crippen molar-refractivity contribution in [1.29, 1.82) is 0 Å². The second-order valence-electron chi connectivity index (χ2n) is 5.26. The van der Waals surface area contributed by atoms with Gasteiger partial charge in [-0.05, 0) is 0 Å². The zero-order valence-corrected chi connectivity index (χ0v) is 13.6. The molecule has 132 valence electrons. The smallest absolute Gasteiger partial charge is 0.303 e. The van der Waals surface area contributed by atoms with Crippen LogP contribution in [0, 0.1) is 0 Å². The molecule has 0 unspecified atom stereocenters. The lowest BCUT2D eigenvalue weighted by atomic mass is 10.0. The van der Waals surface area contributed by atoms with Gasteiger partial charge in [-0.2, -0.15) is 5.10 Å². The van der Waals surface area contributed by atoms with Crippen LogP contribution in [0.2, 0.25) is 0 Å². The summed E-state index contributed by atoms with van der Waals surface area (Å²) in [6, 6.07) is 0.